The highest BCUT2D eigenvalue weighted by Gasteiger charge is 2.10. The fourth-order valence-corrected chi connectivity index (χ4v) is 2.91. The molecule has 0 aliphatic carbocycles. The topological polar surface area (TPSA) is 20.2 Å². The third kappa shape index (κ3) is 2.94. The molecular weight excluding hydrogens is 284 g/mol. The van der Waals surface area contributed by atoms with Gasteiger partial charge in [0.1, 0.15) is 0 Å². The zero-order valence-corrected chi connectivity index (χ0v) is 11.2. The van der Waals surface area contributed by atoms with E-state index in [2.05, 4.69) is 27.4 Å². The molecule has 2 rings (SSSR count). The number of hydrogen-bond donors (Lipinski definition) is 1. The molecule has 1 aromatic heterocycles. The third-order valence-electron chi connectivity index (χ3n) is 2.51. The van der Waals surface area contributed by atoms with E-state index in [-0.39, 0.29) is 0 Å². The third-order valence-corrected chi connectivity index (χ3v) is 4.17. The quantitative estimate of drug-likeness (QED) is 0.897. The van der Waals surface area contributed by atoms with Gasteiger partial charge in [-0.1, -0.05) is 40.2 Å². The minimum Gasteiger partial charge on any atom is -0.388 e. The van der Waals surface area contributed by atoms with Crippen molar-refractivity contribution in [3.05, 3.63) is 56.7 Å². The summed E-state index contributed by atoms with van der Waals surface area (Å²) < 4.78 is 0.980. The van der Waals surface area contributed by atoms with Crippen molar-refractivity contribution in [3.8, 4) is 0 Å². The van der Waals surface area contributed by atoms with Gasteiger partial charge in [0.05, 0.1) is 6.10 Å². The van der Waals surface area contributed by atoms with Crippen molar-refractivity contribution in [2.24, 2.45) is 0 Å². The van der Waals surface area contributed by atoms with Gasteiger partial charge in [-0.05, 0) is 35.9 Å². The second-order valence-corrected chi connectivity index (χ2v) is 5.54. The second kappa shape index (κ2) is 5.62. The molecule has 0 spiro atoms. The van der Waals surface area contributed by atoms with E-state index in [0.29, 0.717) is 0 Å². The zero-order valence-electron chi connectivity index (χ0n) is 8.77. The van der Waals surface area contributed by atoms with Crippen LogP contribution in [0.1, 0.15) is 23.0 Å². The summed E-state index contributed by atoms with van der Waals surface area (Å²) in [6.07, 6.45) is 1.31. The Balaban J connectivity index is 1.98. The van der Waals surface area contributed by atoms with Crippen molar-refractivity contribution in [2.45, 2.75) is 18.9 Å². The molecule has 0 radical (unpaired) electrons. The molecule has 16 heavy (non-hydrogen) atoms. The Morgan fingerprint density at radius 2 is 2.00 bits per heavy atom. The first-order valence-corrected chi connectivity index (χ1v) is 6.89. The van der Waals surface area contributed by atoms with Crippen LogP contribution in [0.5, 0.6) is 0 Å². The number of aliphatic hydroxyl groups excluding tert-OH is 1. The summed E-state index contributed by atoms with van der Waals surface area (Å²) in [5.41, 5.74) is 0.971. The second-order valence-electron chi connectivity index (χ2n) is 3.66. The molecular formula is C13H13BrOS. The lowest BCUT2D eigenvalue weighted by Crippen LogP contribution is -1.99. The number of aliphatic hydroxyl groups is 1. The van der Waals surface area contributed by atoms with E-state index in [1.807, 2.05) is 30.3 Å². The minimum atomic E-state index is -0.391. The Hall–Kier alpha value is -0.640. The summed E-state index contributed by atoms with van der Waals surface area (Å²) in [4.78, 5) is 1.33. The average Bonchev–Trinajstić information content (AvgIpc) is 2.79. The SMILES string of the molecule is OC(CCc1cccs1)c1ccccc1Br. The lowest BCUT2D eigenvalue weighted by atomic mass is 10.0. The molecule has 1 nitrogen and oxygen atoms in total. The maximum absolute atomic E-state index is 10.1. The molecule has 1 N–H and O–H groups in total. The van der Waals surface area contributed by atoms with Crippen molar-refractivity contribution in [2.75, 3.05) is 0 Å². The van der Waals surface area contributed by atoms with E-state index in [1.165, 1.54) is 4.88 Å². The molecule has 1 heterocycles. The molecule has 1 aromatic carbocycles. The Morgan fingerprint density at radius 3 is 2.69 bits per heavy atom. The molecule has 0 bridgehead atoms. The van der Waals surface area contributed by atoms with E-state index < -0.39 is 6.10 Å². The first kappa shape index (κ1) is 11.8. The molecule has 0 aliphatic heterocycles. The Morgan fingerprint density at radius 1 is 1.19 bits per heavy atom. The van der Waals surface area contributed by atoms with Gasteiger partial charge < -0.3 is 5.11 Å². The predicted molar refractivity (Wildman–Crippen MR) is 71.7 cm³/mol. The van der Waals surface area contributed by atoms with Gasteiger partial charge in [0.2, 0.25) is 0 Å². The smallest absolute Gasteiger partial charge is 0.0804 e. The highest BCUT2D eigenvalue weighted by atomic mass is 79.9. The molecule has 0 saturated heterocycles. The van der Waals surface area contributed by atoms with Crippen molar-refractivity contribution in [1.29, 1.82) is 0 Å². The molecule has 84 valence electrons. The van der Waals surface area contributed by atoms with E-state index >= 15 is 0 Å². The van der Waals surface area contributed by atoms with Crippen LogP contribution < -0.4 is 0 Å². The molecule has 1 unspecified atom stereocenters. The molecule has 3 heteroatoms. The summed E-state index contributed by atoms with van der Waals surface area (Å²) in [6, 6.07) is 12.0. The Kier molecular flexibility index (Phi) is 4.16. The van der Waals surface area contributed by atoms with Gasteiger partial charge in [-0.25, -0.2) is 0 Å². The van der Waals surface area contributed by atoms with Gasteiger partial charge in [0, 0.05) is 9.35 Å². The van der Waals surface area contributed by atoms with Crippen LogP contribution in [0.15, 0.2) is 46.3 Å². The maximum Gasteiger partial charge on any atom is 0.0804 e. The minimum absolute atomic E-state index is 0.391. The highest BCUT2D eigenvalue weighted by molar-refractivity contribution is 9.10. The molecule has 0 saturated carbocycles. The summed E-state index contributed by atoms with van der Waals surface area (Å²) >= 11 is 5.20. The molecule has 0 amide bonds. The van der Waals surface area contributed by atoms with Crippen LogP contribution in [0.2, 0.25) is 0 Å². The molecule has 0 fully saturated rings. The number of rotatable bonds is 4. The zero-order chi connectivity index (χ0) is 11.4. The van der Waals surface area contributed by atoms with Crippen LogP contribution >= 0.6 is 27.3 Å². The van der Waals surface area contributed by atoms with E-state index in [9.17, 15) is 5.11 Å². The highest BCUT2D eigenvalue weighted by Crippen LogP contribution is 2.26. The molecule has 1 atom stereocenters. The van der Waals surface area contributed by atoms with Gasteiger partial charge in [-0.3, -0.25) is 0 Å². The monoisotopic (exact) mass is 296 g/mol. The summed E-state index contributed by atoms with van der Waals surface area (Å²) in [5, 5.41) is 12.1. The van der Waals surface area contributed by atoms with Gasteiger partial charge in [0.15, 0.2) is 0 Å². The largest absolute Gasteiger partial charge is 0.388 e. The maximum atomic E-state index is 10.1. The van der Waals surface area contributed by atoms with E-state index in [4.69, 9.17) is 0 Å². The summed E-state index contributed by atoms with van der Waals surface area (Å²) in [5.74, 6) is 0. The number of aryl methyl sites for hydroxylation is 1. The van der Waals surface area contributed by atoms with Gasteiger partial charge in [-0.2, -0.15) is 0 Å². The van der Waals surface area contributed by atoms with Gasteiger partial charge >= 0.3 is 0 Å². The average molecular weight is 297 g/mol. The molecule has 0 aliphatic rings. The lowest BCUT2D eigenvalue weighted by Gasteiger charge is -2.11. The van der Waals surface area contributed by atoms with Crippen LogP contribution in [0.4, 0.5) is 0 Å². The number of hydrogen-bond acceptors (Lipinski definition) is 2. The standard InChI is InChI=1S/C13H13BrOS/c14-12-6-2-1-5-11(12)13(15)8-7-10-4-3-9-16-10/h1-6,9,13,15H,7-8H2. The summed E-state index contributed by atoms with van der Waals surface area (Å²) in [6.45, 7) is 0. The van der Waals surface area contributed by atoms with Crippen molar-refractivity contribution in [3.63, 3.8) is 0 Å². The normalized spacial score (nSPS) is 12.6. The number of benzene rings is 1. The number of halogens is 1. The van der Waals surface area contributed by atoms with Gasteiger partial charge in [-0.15, -0.1) is 11.3 Å². The fourth-order valence-electron chi connectivity index (χ4n) is 1.63. The number of thiophene rings is 1. The Labute approximate surface area is 108 Å². The van der Waals surface area contributed by atoms with Crippen molar-refractivity contribution < 1.29 is 5.11 Å². The Bertz CT molecular complexity index is 439. The fraction of sp³-hybridized carbons (Fsp3) is 0.231. The van der Waals surface area contributed by atoms with Crippen LogP contribution in [0.3, 0.4) is 0 Å². The van der Waals surface area contributed by atoms with Crippen LogP contribution in [-0.2, 0) is 6.42 Å². The van der Waals surface area contributed by atoms with E-state index in [0.717, 1.165) is 22.9 Å². The van der Waals surface area contributed by atoms with E-state index in [1.54, 1.807) is 11.3 Å². The van der Waals surface area contributed by atoms with Gasteiger partial charge in [0.25, 0.3) is 0 Å². The van der Waals surface area contributed by atoms with Crippen LogP contribution in [-0.4, -0.2) is 5.11 Å². The first-order valence-electron chi connectivity index (χ1n) is 5.22. The van der Waals surface area contributed by atoms with Crippen molar-refractivity contribution >= 4 is 27.3 Å². The van der Waals surface area contributed by atoms with Crippen LogP contribution in [0, 0.1) is 0 Å². The van der Waals surface area contributed by atoms with Crippen molar-refractivity contribution in [1.82, 2.24) is 0 Å². The summed E-state index contributed by atoms with van der Waals surface area (Å²) in [7, 11) is 0. The first-order chi connectivity index (χ1) is 7.77. The predicted octanol–water partition coefficient (Wildman–Crippen LogP) is 4.18. The van der Waals surface area contributed by atoms with Crippen LogP contribution in [0.25, 0.3) is 0 Å². The lowest BCUT2D eigenvalue weighted by molar-refractivity contribution is 0.167. The molecule has 2 aromatic rings.